The molecule has 0 aromatic heterocycles. The highest BCUT2D eigenvalue weighted by molar-refractivity contribution is 9.18. The van der Waals surface area contributed by atoms with Gasteiger partial charge in [0.15, 0.2) is 6.29 Å². The maximum absolute atomic E-state index is 12.3. The number of amides is 1. The Labute approximate surface area is 186 Å². The van der Waals surface area contributed by atoms with E-state index in [0.717, 1.165) is 25.0 Å². The maximum atomic E-state index is 12.3. The molecule has 0 aliphatic carbocycles. The van der Waals surface area contributed by atoms with E-state index in [4.69, 9.17) is 5.73 Å². The number of nitrogens with two attached hydrogens (primary N) is 1. The van der Waals surface area contributed by atoms with Gasteiger partial charge in [-0.2, -0.15) is 0 Å². The molecular weight excluding hydrogens is 446 g/mol. The molecule has 2 unspecified atom stereocenters. The summed E-state index contributed by atoms with van der Waals surface area (Å²) in [5.74, 6) is 0.210. The van der Waals surface area contributed by atoms with Gasteiger partial charge in [-0.1, -0.05) is 19.1 Å². The number of halogens is 1. The van der Waals surface area contributed by atoms with Crippen molar-refractivity contribution in [1.29, 1.82) is 0 Å². The lowest BCUT2D eigenvalue weighted by Gasteiger charge is -2.21. The lowest BCUT2D eigenvalue weighted by molar-refractivity contribution is -0.119. The molecule has 1 heterocycles. The molecule has 1 aliphatic heterocycles. The number of benzene rings is 2. The summed E-state index contributed by atoms with van der Waals surface area (Å²) in [6.45, 7) is 6.80. The maximum Gasteiger partial charge on any atom is 0.230 e. The van der Waals surface area contributed by atoms with Crippen LogP contribution >= 0.6 is 15.9 Å². The van der Waals surface area contributed by atoms with Gasteiger partial charge in [-0.25, -0.2) is 4.99 Å². The van der Waals surface area contributed by atoms with Gasteiger partial charge in [0.25, 0.3) is 0 Å². The lowest BCUT2D eigenvalue weighted by atomic mass is 10.1. The Bertz CT molecular complexity index is 910. The number of nitrogens with zero attached hydrogens (tertiary/aromatic N) is 2. The quantitative estimate of drug-likeness (QED) is 0.377. The third kappa shape index (κ3) is 5.55. The van der Waals surface area contributed by atoms with E-state index in [1.54, 1.807) is 25.3 Å². The van der Waals surface area contributed by atoms with Gasteiger partial charge in [0.05, 0.1) is 5.69 Å². The van der Waals surface area contributed by atoms with Crippen LogP contribution < -0.4 is 10.6 Å². The highest BCUT2D eigenvalue weighted by atomic mass is 79.9. The van der Waals surface area contributed by atoms with Crippen LogP contribution in [0.4, 0.5) is 17.1 Å². The first-order chi connectivity index (χ1) is 14.3. The highest BCUT2D eigenvalue weighted by Gasteiger charge is 2.34. The predicted octanol–water partition coefficient (Wildman–Crippen LogP) is 4.97. The van der Waals surface area contributed by atoms with Crippen LogP contribution in [0.5, 0.6) is 0 Å². The molecule has 0 spiro atoms. The molecule has 2 N–H and O–H groups in total. The number of carbonyl (C=O) groups is 2. The van der Waals surface area contributed by atoms with E-state index in [1.807, 2.05) is 43.0 Å². The normalized spacial score (nSPS) is 18.8. The molecule has 0 saturated carbocycles. The first kappa shape index (κ1) is 23.8. The van der Waals surface area contributed by atoms with E-state index in [9.17, 15) is 9.59 Å². The number of methoxy groups -OCH3 is 1. The van der Waals surface area contributed by atoms with E-state index in [1.165, 1.54) is 0 Å². The molecule has 30 heavy (non-hydrogen) atoms. The lowest BCUT2D eigenvalue weighted by Crippen LogP contribution is -2.31. The van der Waals surface area contributed by atoms with E-state index in [2.05, 4.69) is 32.6 Å². The van der Waals surface area contributed by atoms with Crippen LogP contribution in [0, 0.1) is 5.92 Å². The average Bonchev–Trinajstić information content (AvgIpc) is 3.00. The van der Waals surface area contributed by atoms with Crippen molar-refractivity contribution in [2.45, 2.75) is 33.2 Å². The fraction of sp³-hybridized carbons (Fsp3) is 0.348. The van der Waals surface area contributed by atoms with Crippen LogP contribution in [0.2, 0.25) is 0 Å². The van der Waals surface area contributed by atoms with Crippen LogP contribution in [-0.4, -0.2) is 36.6 Å². The Hall–Kier alpha value is -2.51. The highest BCUT2D eigenvalue weighted by Crippen LogP contribution is 2.31. The van der Waals surface area contributed by atoms with Crippen LogP contribution in [0.25, 0.3) is 0 Å². The Kier molecular flexibility index (Phi) is 8.74. The van der Waals surface area contributed by atoms with Crippen molar-refractivity contribution in [3.8, 4) is 0 Å². The summed E-state index contributed by atoms with van der Waals surface area (Å²) in [5, 5.41) is 0. The molecule has 2 aromatic rings. The Morgan fingerprint density at radius 2 is 1.90 bits per heavy atom. The number of anilines is 2. The smallest absolute Gasteiger partial charge is 0.230 e. The predicted molar refractivity (Wildman–Crippen MR) is 126 cm³/mol. The summed E-state index contributed by atoms with van der Waals surface area (Å²) in [6, 6.07) is 12.8. The molecule has 7 heteroatoms. The van der Waals surface area contributed by atoms with Gasteiger partial charge < -0.3 is 15.4 Å². The van der Waals surface area contributed by atoms with Crippen molar-refractivity contribution >= 4 is 49.8 Å². The van der Waals surface area contributed by atoms with Crippen molar-refractivity contribution in [2.24, 2.45) is 10.9 Å². The number of ether oxygens (including phenoxy) is 1. The number of rotatable bonds is 5. The fourth-order valence-electron chi connectivity index (χ4n) is 3.34. The molecule has 1 fully saturated rings. The Morgan fingerprint density at radius 1 is 1.27 bits per heavy atom. The molecular formula is C23H28BrN3O3. The van der Waals surface area contributed by atoms with Crippen molar-refractivity contribution in [3.63, 3.8) is 0 Å². The molecule has 0 radical (unpaired) electrons. The standard InChI is InChI=1S/C20H20BrN3O2.C3H8O/c1-12-10-13(2)24(20(12)26)16-8-6-15(7-9-16)23-19(21)18-14(11-25)4-3-5-17(18)22;1-3-4-2/h3-9,11-13H,10,22H2,1-2H3;3H2,1-2H3. The van der Waals surface area contributed by atoms with Gasteiger partial charge in [-0.15, -0.1) is 0 Å². The third-order valence-electron chi connectivity index (χ3n) is 4.90. The second-order valence-electron chi connectivity index (χ2n) is 7.12. The minimum atomic E-state index is 0.0552. The summed E-state index contributed by atoms with van der Waals surface area (Å²) in [7, 11) is 1.68. The van der Waals surface area contributed by atoms with Crippen LogP contribution in [-0.2, 0) is 9.53 Å². The number of carbonyl (C=O) groups excluding carboxylic acids is 2. The SMILES string of the molecule is CC1CC(C)N(c2ccc(N=C(Br)c3c(N)cccc3C=O)cc2)C1=O.CCOC. The Balaban J connectivity index is 0.000000735. The first-order valence-electron chi connectivity index (χ1n) is 9.84. The van der Waals surface area contributed by atoms with E-state index in [0.29, 0.717) is 27.1 Å². The minimum absolute atomic E-state index is 0.0552. The second kappa shape index (κ2) is 11.0. The summed E-state index contributed by atoms with van der Waals surface area (Å²) in [5.41, 5.74) is 9.09. The van der Waals surface area contributed by atoms with Crippen molar-refractivity contribution < 1.29 is 14.3 Å². The third-order valence-corrected chi connectivity index (χ3v) is 5.47. The fourth-order valence-corrected chi connectivity index (χ4v) is 4.00. The number of nitrogen functional groups attached to an aromatic ring is 1. The van der Waals surface area contributed by atoms with Gasteiger partial charge in [-0.05, 0) is 66.5 Å². The van der Waals surface area contributed by atoms with Gasteiger partial charge in [0.2, 0.25) is 5.91 Å². The van der Waals surface area contributed by atoms with Crippen LogP contribution in [0.3, 0.4) is 0 Å². The summed E-state index contributed by atoms with van der Waals surface area (Å²) >= 11 is 3.42. The molecule has 1 amide bonds. The Morgan fingerprint density at radius 3 is 2.40 bits per heavy atom. The van der Waals surface area contributed by atoms with E-state index >= 15 is 0 Å². The second-order valence-corrected chi connectivity index (χ2v) is 7.87. The zero-order valence-corrected chi connectivity index (χ0v) is 19.3. The number of hydrogen-bond acceptors (Lipinski definition) is 5. The number of hydrogen-bond donors (Lipinski definition) is 1. The molecule has 1 aliphatic rings. The topological polar surface area (TPSA) is 85.0 Å². The van der Waals surface area contributed by atoms with E-state index in [-0.39, 0.29) is 17.9 Å². The number of aldehydes is 1. The summed E-state index contributed by atoms with van der Waals surface area (Å²) in [4.78, 5) is 29.9. The van der Waals surface area contributed by atoms with Gasteiger partial charge in [0, 0.05) is 48.2 Å². The van der Waals surface area contributed by atoms with Gasteiger partial charge in [0.1, 0.15) is 4.62 Å². The van der Waals surface area contributed by atoms with Crippen molar-refractivity contribution in [1.82, 2.24) is 0 Å². The molecule has 2 atom stereocenters. The summed E-state index contributed by atoms with van der Waals surface area (Å²) in [6.07, 6.45) is 1.62. The van der Waals surface area contributed by atoms with Crippen molar-refractivity contribution in [3.05, 3.63) is 53.6 Å². The van der Waals surface area contributed by atoms with Crippen LogP contribution in [0.1, 0.15) is 43.1 Å². The van der Waals surface area contributed by atoms with Gasteiger partial charge in [-0.3, -0.25) is 9.59 Å². The van der Waals surface area contributed by atoms with Gasteiger partial charge >= 0.3 is 0 Å². The van der Waals surface area contributed by atoms with E-state index < -0.39 is 0 Å². The van der Waals surface area contributed by atoms with Crippen molar-refractivity contribution in [2.75, 3.05) is 24.4 Å². The van der Waals surface area contributed by atoms with Crippen LogP contribution in [0.15, 0.2) is 47.5 Å². The molecule has 160 valence electrons. The zero-order valence-electron chi connectivity index (χ0n) is 17.8. The molecule has 3 rings (SSSR count). The monoisotopic (exact) mass is 473 g/mol. The minimum Gasteiger partial charge on any atom is -0.398 e. The average molecular weight is 474 g/mol. The first-order valence-corrected chi connectivity index (χ1v) is 10.6. The molecule has 2 aromatic carbocycles. The molecule has 6 nitrogen and oxygen atoms in total. The zero-order chi connectivity index (χ0) is 22.3. The molecule has 0 bridgehead atoms. The number of aliphatic imine (C=N–C) groups is 1. The summed E-state index contributed by atoms with van der Waals surface area (Å²) < 4.78 is 5.03. The largest absolute Gasteiger partial charge is 0.398 e. The molecule has 1 saturated heterocycles.